The molecule has 3 nitrogen and oxygen atoms in total. The highest BCUT2D eigenvalue weighted by Gasteiger charge is 2.07. The fourth-order valence-electron chi connectivity index (χ4n) is 1.97. The minimum absolute atomic E-state index is 0.151. The van der Waals surface area contributed by atoms with E-state index in [0.717, 1.165) is 11.3 Å². The molecule has 0 aliphatic heterocycles. The van der Waals surface area contributed by atoms with Gasteiger partial charge in [-0.1, -0.05) is 35.3 Å². The van der Waals surface area contributed by atoms with Crippen LogP contribution in [0.2, 0.25) is 10.0 Å². The van der Waals surface area contributed by atoms with Crippen LogP contribution in [-0.4, -0.2) is 9.78 Å². The second-order valence-electron chi connectivity index (χ2n) is 4.34. The standard InChI is InChI=1S/C15H10Cl2N2O/c16-11-3-1-10(2-4-11)14-9-19(18-15(14)20)13-7-5-12(17)6-8-13/h1-9H,(H,18,20). The highest BCUT2D eigenvalue weighted by atomic mass is 35.5. The topological polar surface area (TPSA) is 37.8 Å². The van der Waals surface area contributed by atoms with Gasteiger partial charge >= 0.3 is 0 Å². The molecule has 1 aromatic heterocycles. The second kappa shape index (κ2) is 5.19. The van der Waals surface area contributed by atoms with E-state index >= 15 is 0 Å². The third-order valence-electron chi connectivity index (χ3n) is 2.98. The molecular formula is C15H10Cl2N2O. The van der Waals surface area contributed by atoms with Crippen LogP contribution in [0.25, 0.3) is 16.8 Å². The molecular weight excluding hydrogens is 295 g/mol. The molecule has 0 saturated carbocycles. The van der Waals surface area contributed by atoms with Crippen LogP contribution in [0.3, 0.4) is 0 Å². The van der Waals surface area contributed by atoms with Gasteiger partial charge in [-0.05, 0) is 42.0 Å². The van der Waals surface area contributed by atoms with E-state index in [2.05, 4.69) is 5.10 Å². The molecule has 0 bridgehead atoms. The lowest BCUT2D eigenvalue weighted by Crippen LogP contribution is -2.05. The van der Waals surface area contributed by atoms with Crippen LogP contribution >= 0.6 is 23.2 Å². The molecule has 2 aromatic carbocycles. The zero-order valence-electron chi connectivity index (χ0n) is 10.3. The normalized spacial score (nSPS) is 10.7. The maximum Gasteiger partial charge on any atom is 0.272 e. The summed E-state index contributed by atoms with van der Waals surface area (Å²) in [7, 11) is 0. The predicted octanol–water partition coefficient (Wildman–Crippen LogP) is 4.14. The average molecular weight is 305 g/mol. The maximum atomic E-state index is 12.0. The molecule has 0 amide bonds. The Bertz CT molecular complexity index is 786. The van der Waals surface area contributed by atoms with Crippen molar-refractivity contribution in [1.82, 2.24) is 9.78 Å². The van der Waals surface area contributed by atoms with Gasteiger partial charge in [-0.25, -0.2) is 0 Å². The molecule has 1 N–H and O–H groups in total. The van der Waals surface area contributed by atoms with Crippen LogP contribution < -0.4 is 5.56 Å². The SMILES string of the molecule is O=c1[nH]n(-c2ccc(Cl)cc2)cc1-c1ccc(Cl)cc1. The number of aromatic amines is 1. The Balaban J connectivity index is 2.05. The first-order chi connectivity index (χ1) is 9.63. The Labute approximate surface area is 125 Å². The zero-order valence-corrected chi connectivity index (χ0v) is 11.8. The number of rotatable bonds is 2. The van der Waals surface area contributed by atoms with E-state index in [1.165, 1.54) is 0 Å². The second-order valence-corrected chi connectivity index (χ2v) is 5.21. The monoisotopic (exact) mass is 304 g/mol. The average Bonchev–Trinajstić information content (AvgIpc) is 2.82. The predicted molar refractivity (Wildman–Crippen MR) is 81.8 cm³/mol. The number of aromatic nitrogens is 2. The molecule has 0 aliphatic rings. The van der Waals surface area contributed by atoms with Crippen molar-refractivity contribution in [2.75, 3.05) is 0 Å². The fourth-order valence-corrected chi connectivity index (χ4v) is 2.22. The molecule has 0 fully saturated rings. The number of nitrogens with zero attached hydrogens (tertiary/aromatic N) is 1. The summed E-state index contributed by atoms with van der Waals surface area (Å²) in [5.41, 5.74) is 2.11. The molecule has 0 saturated heterocycles. The van der Waals surface area contributed by atoms with E-state index in [-0.39, 0.29) is 5.56 Å². The molecule has 0 atom stereocenters. The molecule has 0 spiro atoms. The minimum atomic E-state index is -0.151. The summed E-state index contributed by atoms with van der Waals surface area (Å²) in [6.45, 7) is 0. The summed E-state index contributed by atoms with van der Waals surface area (Å²) in [6, 6.07) is 14.4. The van der Waals surface area contributed by atoms with Gasteiger partial charge < -0.3 is 0 Å². The first-order valence-electron chi connectivity index (χ1n) is 5.97. The van der Waals surface area contributed by atoms with Crippen molar-refractivity contribution in [3.63, 3.8) is 0 Å². The summed E-state index contributed by atoms with van der Waals surface area (Å²) in [6.07, 6.45) is 1.76. The first-order valence-corrected chi connectivity index (χ1v) is 6.72. The van der Waals surface area contributed by atoms with E-state index in [1.54, 1.807) is 35.1 Å². The van der Waals surface area contributed by atoms with Crippen LogP contribution in [0.1, 0.15) is 0 Å². The van der Waals surface area contributed by atoms with Gasteiger partial charge in [0.25, 0.3) is 5.56 Å². The van der Waals surface area contributed by atoms with Gasteiger partial charge in [0, 0.05) is 16.2 Å². The molecule has 0 unspecified atom stereocenters. The summed E-state index contributed by atoms with van der Waals surface area (Å²) in [5, 5.41) is 4.07. The molecule has 20 heavy (non-hydrogen) atoms. The third kappa shape index (κ3) is 2.50. The Hall–Kier alpha value is -1.97. The highest BCUT2D eigenvalue weighted by molar-refractivity contribution is 6.30. The summed E-state index contributed by atoms with van der Waals surface area (Å²) in [4.78, 5) is 12.0. The van der Waals surface area contributed by atoms with Crippen molar-refractivity contribution in [2.24, 2.45) is 0 Å². The van der Waals surface area contributed by atoms with Crippen LogP contribution in [0.15, 0.2) is 59.5 Å². The van der Waals surface area contributed by atoms with E-state index in [1.807, 2.05) is 24.3 Å². The summed E-state index contributed by atoms with van der Waals surface area (Å²) in [5.74, 6) is 0. The van der Waals surface area contributed by atoms with Crippen LogP contribution in [0, 0.1) is 0 Å². The van der Waals surface area contributed by atoms with Gasteiger partial charge in [-0.2, -0.15) is 0 Å². The van der Waals surface area contributed by atoms with Gasteiger partial charge in [0.05, 0.1) is 11.3 Å². The van der Waals surface area contributed by atoms with Gasteiger partial charge in [-0.15, -0.1) is 0 Å². The number of halogens is 2. The number of H-pyrrole nitrogens is 1. The van der Waals surface area contributed by atoms with Crippen molar-refractivity contribution in [1.29, 1.82) is 0 Å². The zero-order chi connectivity index (χ0) is 14.1. The van der Waals surface area contributed by atoms with Crippen molar-refractivity contribution >= 4 is 23.2 Å². The van der Waals surface area contributed by atoms with Gasteiger partial charge in [0.15, 0.2) is 0 Å². The van der Waals surface area contributed by atoms with Crippen LogP contribution in [0.5, 0.6) is 0 Å². The Morgan fingerprint density at radius 3 is 2.00 bits per heavy atom. The van der Waals surface area contributed by atoms with Crippen molar-refractivity contribution in [2.45, 2.75) is 0 Å². The molecule has 5 heteroatoms. The third-order valence-corrected chi connectivity index (χ3v) is 3.49. The smallest absolute Gasteiger partial charge is 0.267 e. The molecule has 0 radical (unpaired) electrons. The maximum absolute atomic E-state index is 12.0. The van der Waals surface area contributed by atoms with Gasteiger partial charge in [0.1, 0.15) is 0 Å². The number of hydrogen-bond donors (Lipinski definition) is 1. The number of benzene rings is 2. The fraction of sp³-hybridized carbons (Fsp3) is 0. The van der Waals surface area contributed by atoms with E-state index in [9.17, 15) is 4.79 Å². The molecule has 100 valence electrons. The summed E-state index contributed by atoms with van der Waals surface area (Å²) < 4.78 is 1.67. The summed E-state index contributed by atoms with van der Waals surface area (Å²) >= 11 is 11.7. The first kappa shape index (κ1) is 13.0. The quantitative estimate of drug-likeness (QED) is 0.759. The van der Waals surface area contributed by atoms with Crippen LogP contribution in [0.4, 0.5) is 0 Å². The van der Waals surface area contributed by atoms with Gasteiger partial charge in [0.2, 0.25) is 0 Å². The van der Waals surface area contributed by atoms with Crippen LogP contribution in [-0.2, 0) is 0 Å². The minimum Gasteiger partial charge on any atom is -0.267 e. The molecule has 3 aromatic rings. The lowest BCUT2D eigenvalue weighted by Gasteiger charge is -2.01. The van der Waals surface area contributed by atoms with E-state index < -0.39 is 0 Å². The van der Waals surface area contributed by atoms with Crippen molar-refractivity contribution < 1.29 is 0 Å². The highest BCUT2D eigenvalue weighted by Crippen LogP contribution is 2.20. The molecule has 3 rings (SSSR count). The van der Waals surface area contributed by atoms with Crippen molar-refractivity contribution in [3.8, 4) is 16.8 Å². The molecule has 0 aliphatic carbocycles. The lowest BCUT2D eigenvalue weighted by atomic mass is 10.1. The number of hydrogen-bond acceptors (Lipinski definition) is 1. The Kier molecular flexibility index (Phi) is 3.38. The molecule has 1 heterocycles. The lowest BCUT2D eigenvalue weighted by molar-refractivity contribution is 0.864. The van der Waals surface area contributed by atoms with E-state index in [0.29, 0.717) is 15.6 Å². The van der Waals surface area contributed by atoms with Gasteiger partial charge in [-0.3, -0.25) is 14.6 Å². The largest absolute Gasteiger partial charge is 0.272 e. The number of nitrogens with one attached hydrogen (secondary N) is 1. The Morgan fingerprint density at radius 2 is 1.40 bits per heavy atom. The van der Waals surface area contributed by atoms with E-state index in [4.69, 9.17) is 23.2 Å². The Morgan fingerprint density at radius 1 is 0.850 bits per heavy atom. The van der Waals surface area contributed by atoms with Crippen molar-refractivity contribution in [3.05, 3.63) is 75.1 Å².